The fourth-order valence-electron chi connectivity index (χ4n) is 3.85. The lowest BCUT2D eigenvalue weighted by atomic mass is 9.93. The van der Waals surface area contributed by atoms with E-state index in [4.69, 9.17) is 0 Å². The standard InChI is InChI=1S/C22H22N2/c1-23(2)21-17-11-7-8-12-18(17)22(24(3)4)20-16-10-6-5-9-15(16)13-14-19(20)21/h5-14H,1-4H3. The van der Waals surface area contributed by atoms with Gasteiger partial charge in [-0.1, -0.05) is 60.7 Å². The molecule has 0 N–H and O–H groups in total. The minimum absolute atomic E-state index is 1.29. The maximum Gasteiger partial charge on any atom is 0.0528 e. The Labute approximate surface area is 142 Å². The van der Waals surface area contributed by atoms with E-state index < -0.39 is 0 Å². The van der Waals surface area contributed by atoms with E-state index in [1.54, 1.807) is 0 Å². The van der Waals surface area contributed by atoms with E-state index in [1.165, 1.54) is 43.7 Å². The SMILES string of the molecule is CN(C)c1c2ccccc2c(N(C)C)c2c1ccc1ccccc12. The molecule has 2 heteroatoms. The number of benzene rings is 4. The molecule has 0 fully saturated rings. The van der Waals surface area contributed by atoms with Gasteiger partial charge in [-0.15, -0.1) is 0 Å². The number of hydrogen-bond donors (Lipinski definition) is 0. The Morgan fingerprint density at radius 2 is 1.04 bits per heavy atom. The van der Waals surface area contributed by atoms with Gasteiger partial charge in [0, 0.05) is 49.7 Å². The molecule has 0 atom stereocenters. The van der Waals surface area contributed by atoms with E-state index >= 15 is 0 Å². The zero-order chi connectivity index (χ0) is 16.8. The normalized spacial score (nSPS) is 11.3. The summed E-state index contributed by atoms with van der Waals surface area (Å²) in [5.41, 5.74) is 2.58. The highest BCUT2D eigenvalue weighted by atomic mass is 15.1. The second-order valence-electron chi connectivity index (χ2n) is 6.74. The summed E-state index contributed by atoms with van der Waals surface area (Å²) in [5.74, 6) is 0. The van der Waals surface area contributed by atoms with Gasteiger partial charge in [0.15, 0.2) is 0 Å². The van der Waals surface area contributed by atoms with Crippen molar-refractivity contribution in [3.8, 4) is 0 Å². The third-order valence-electron chi connectivity index (χ3n) is 4.75. The summed E-state index contributed by atoms with van der Waals surface area (Å²) in [6.07, 6.45) is 0. The van der Waals surface area contributed by atoms with Crippen LogP contribution in [0.25, 0.3) is 32.3 Å². The molecule has 0 unspecified atom stereocenters. The second-order valence-corrected chi connectivity index (χ2v) is 6.74. The first kappa shape index (κ1) is 14.8. The molecular formula is C22H22N2. The molecule has 4 aromatic carbocycles. The Hall–Kier alpha value is -2.74. The lowest BCUT2D eigenvalue weighted by Gasteiger charge is -2.25. The average Bonchev–Trinajstić information content (AvgIpc) is 2.58. The molecule has 0 heterocycles. The number of hydrogen-bond acceptors (Lipinski definition) is 2. The predicted octanol–water partition coefficient (Wildman–Crippen LogP) is 5.28. The van der Waals surface area contributed by atoms with Crippen molar-refractivity contribution < 1.29 is 0 Å². The molecule has 0 radical (unpaired) electrons. The number of rotatable bonds is 2. The number of fused-ring (bicyclic) bond motifs is 4. The molecule has 0 bridgehead atoms. The minimum atomic E-state index is 1.29. The highest BCUT2D eigenvalue weighted by Crippen LogP contribution is 2.44. The lowest BCUT2D eigenvalue weighted by molar-refractivity contribution is 1.14. The highest BCUT2D eigenvalue weighted by Gasteiger charge is 2.17. The second kappa shape index (κ2) is 5.41. The van der Waals surface area contributed by atoms with Crippen molar-refractivity contribution in [2.75, 3.05) is 38.0 Å². The van der Waals surface area contributed by atoms with Gasteiger partial charge in [-0.25, -0.2) is 0 Å². The minimum Gasteiger partial charge on any atom is -0.377 e. The Balaban J connectivity index is 2.38. The van der Waals surface area contributed by atoms with Gasteiger partial charge in [0.25, 0.3) is 0 Å². The maximum atomic E-state index is 2.27. The molecule has 0 aliphatic rings. The van der Waals surface area contributed by atoms with Crippen LogP contribution in [0.1, 0.15) is 0 Å². The van der Waals surface area contributed by atoms with Crippen molar-refractivity contribution in [1.82, 2.24) is 0 Å². The molecule has 4 aromatic rings. The molecule has 0 saturated heterocycles. The van der Waals surface area contributed by atoms with E-state index in [2.05, 4.69) is 98.7 Å². The van der Waals surface area contributed by atoms with Crippen molar-refractivity contribution in [3.05, 3.63) is 60.7 Å². The van der Waals surface area contributed by atoms with Crippen LogP contribution >= 0.6 is 0 Å². The van der Waals surface area contributed by atoms with Gasteiger partial charge >= 0.3 is 0 Å². The van der Waals surface area contributed by atoms with Crippen LogP contribution in [0.2, 0.25) is 0 Å². The van der Waals surface area contributed by atoms with Crippen LogP contribution in [-0.4, -0.2) is 28.2 Å². The number of anilines is 2. The molecule has 24 heavy (non-hydrogen) atoms. The molecule has 2 nitrogen and oxygen atoms in total. The summed E-state index contributed by atoms with van der Waals surface area (Å²) in [5, 5.41) is 7.84. The van der Waals surface area contributed by atoms with Crippen LogP contribution in [0, 0.1) is 0 Å². The summed E-state index contributed by atoms with van der Waals surface area (Å²) in [4.78, 5) is 4.48. The van der Waals surface area contributed by atoms with Crippen molar-refractivity contribution in [2.24, 2.45) is 0 Å². The molecule has 120 valence electrons. The first-order valence-corrected chi connectivity index (χ1v) is 8.30. The summed E-state index contributed by atoms with van der Waals surface area (Å²) >= 11 is 0. The zero-order valence-corrected chi connectivity index (χ0v) is 14.7. The van der Waals surface area contributed by atoms with Gasteiger partial charge in [0.05, 0.1) is 11.4 Å². The molecular weight excluding hydrogens is 292 g/mol. The summed E-state index contributed by atoms with van der Waals surface area (Å²) in [6.45, 7) is 0. The summed E-state index contributed by atoms with van der Waals surface area (Å²) in [6, 6.07) is 21.9. The van der Waals surface area contributed by atoms with E-state index in [1.807, 2.05) is 0 Å². The monoisotopic (exact) mass is 314 g/mol. The lowest BCUT2D eigenvalue weighted by Crippen LogP contribution is -2.14. The molecule has 0 saturated carbocycles. The van der Waals surface area contributed by atoms with E-state index in [0.29, 0.717) is 0 Å². The van der Waals surface area contributed by atoms with Crippen molar-refractivity contribution in [3.63, 3.8) is 0 Å². The van der Waals surface area contributed by atoms with E-state index in [9.17, 15) is 0 Å². The molecule has 4 rings (SSSR count). The molecule has 0 aromatic heterocycles. The topological polar surface area (TPSA) is 6.48 Å². The molecule has 0 spiro atoms. The van der Waals surface area contributed by atoms with Gasteiger partial charge in [-0.05, 0) is 10.8 Å². The molecule has 0 amide bonds. The largest absolute Gasteiger partial charge is 0.377 e. The van der Waals surface area contributed by atoms with Gasteiger partial charge in [-0.3, -0.25) is 0 Å². The van der Waals surface area contributed by atoms with Crippen LogP contribution in [0.4, 0.5) is 11.4 Å². The van der Waals surface area contributed by atoms with E-state index in [0.717, 1.165) is 0 Å². The van der Waals surface area contributed by atoms with Crippen molar-refractivity contribution in [2.45, 2.75) is 0 Å². The van der Waals surface area contributed by atoms with Gasteiger partial charge in [0.1, 0.15) is 0 Å². The van der Waals surface area contributed by atoms with Crippen LogP contribution in [0.15, 0.2) is 60.7 Å². The Kier molecular flexibility index (Phi) is 3.34. The zero-order valence-electron chi connectivity index (χ0n) is 14.7. The molecule has 0 aliphatic heterocycles. The Morgan fingerprint density at radius 1 is 0.500 bits per heavy atom. The maximum absolute atomic E-state index is 2.27. The predicted molar refractivity (Wildman–Crippen MR) is 108 cm³/mol. The Bertz CT molecular complexity index is 1060. The summed E-state index contributed by atoms with van der Waals surface area (Å²) < 4.78 is 0. The third-order valence-corrected chi connectivity index (χ3v) is 4.75. The van der Waals surface area contributed by atoms with Crippen molar-refractivity contribution >= 4 is 43.7 Å². The average molecular weight is 314 g/mol. The third kappa shape index (κ3) is 2.03. The molecule has 0 aliphatic carbocycles. The van der Waals surface area contributed by atoms with Crippen molar-refractivity contribution in [1.29, 1.82) is 0 Å². The Morgan fingerprint density at radius 3 is 1.67 bits per heavy atom. The number of nitrogens with zero attached hydrogens (tertiary/aromatic N) is 2. The first-order chi connectivity index (χ1) is 11.6. The van der Waals surface area contributed by atoms with Crippen LogP contribution < -0.4 is 9.80 Å². The van der Waals surface area contributed by atoms with Gasteiger partial charge < -0.3 is 9.80 Å². The smallest absolute Gasteiger partial charge is 0.0528 e. The van der Waals surface area contributed by atoms with Crippen LogP contribution in [0.5, 0.6) is 0 Å². The summed E-state index contributed by atoms with van der Waals surface area (Å²) in [7, 11) is 8.54. The fraction of sp³-hybridized carbons (Fsp3) is 0.182. The van der Waals surface area contributed by atoms with Gasteiger partial charge in [0.2, 0.25) is 0 Å². The van der Waals surface area contributed by atoms with Gasteiger partial charge in [-0.2, -0.15) is 0 Å². The highest BCUT2D eigenvalue weighted by molar-refractivity contribution is 6.27. The fourth-order valence-corrected chi connectivity index (χ4v) is 3.85. The van der Waals surface area contributed by atoms with Crippen LogP contribution in [-0.2, 0) is 0 Å². The quantitative estimate of drug-likeness (QED) is 0.282. The first-order valence-electron chi connectivity index (χ1n) is 8.30. The van der Waals surface area contributed by atoms with E-state index in [-0.39, 0.29) is 0 Å². The van der Waals surface area contributed by atoms with Crippen LogP contribution in [0.3, 0.4) is 0 Å².